The Morgan fingerprint density at radius 3 is 1.25 bits per heavy atom. The first-order valence-electron chi connectivity index (χ1n) is 14.3. The van der Waals surface area contributed by atoms with Crippen LogP contribution >= 0.6 is 0 Å². The maximum atomic E-state index is 9.41. The topological polar surface area (TPSA) is 43.7 Å². The van der Waals surface area contributed by atoms with Crippen LogP contribution in [0.25, 0.3) is 0 Å². The number of hydrogen-bond acceptors (Lipinski definition) is 3. The van der Waals surface area contributed by atoms with Gasteiger partial charge < -0.3 is 10.0 Å². The Balaban J connectivity index is 1.29. The normalized spacial score (nSPS) is 41.8. The molecular formula is C28H50BNO2. The molecule has 0 amide bonds. The molecule has 0 atom stereocenters. The van der Waals surface area contributed by atoms with Gasteiger partial charge in [-0.3, -0.25) is 4.90 Å². The first-order valence-corrected chi connectivity index (χ1v) is 14.3. The Labute approximate surface area is 198 Å². The van der Waals surface area contributed by atoms with E-state index in [-0.39, 0.29) is 5.82 Å². The lowest BCUT2D eigenvalue weighted by molar-refractivity contribution is 0.00813. The molecule has 0 aromatic rings. The summed E-state index contributed by atoms with van der Waals surface area (Å²) in [5.74, 6) is 3.42. The van der Waals surface area contributed by atoms with Crippen LogP contribution in [0, 0.1) is 23.7 Å². The molecule has 4 rings (SSSR count). The highest BCUT2D eigenvalue weighted by Crippen LogP contribution is 2.40. The molecule has 0 bridgehead atoms. The van der Waals surface area contributed by atoms with Gasteiger partial charge in [0.05, 0.1) is 0 Å². The third-order valence-electron chi connectivity index (χ3n) is 9.87. The first kappa shape index (κ1) is 24.8. The summed E-state index contributed by atoms with van der Waals surface area (Å²) < 4.78 is 0. The van der Waals surface area contributed by atoms with E-state index in [2.05, 4.69) is 30.9 Å². The van der Waals surface area contributed by atoms with Crippen molar-refractivity contribution in [1.29, 1.82) is 0 Å². The molecule has 0 aromatic heterocycles. The Morgan fingerprint density at radius 2 is 0.875 bits per heavy atom. The molecule has 0 aromatic carbocycles. The summed E-state index contributed by atoms with van der Waals surface area (Å²) in [5.41, 5.74) is 0. The van der Waals surface area contributed by atoms with Crippen LogP contribution in [0.2, 0.25) is 5.82 Å². The van der Waals surface area contributed by atoms with Crippen molar-refractivity contribution in [3.8, 4) is 0 Å². The lowest BCUT2D eigenvalue weighted by atomic mass is 9.63. The standard InChI is InChI=1S/C28H50BNO2/c1-21-3-15-26(16-4-21)30(27-17-5-22(2)6-18-27)28-19-11-24(12-20-28)8-7-23-9-13-25(14-10-23)29(31)32/h7-8,21-28,31-32H,3-6,9-20H2,1-2H3/b8-7+. The molecule has 2 N–H and O–H groups in total. The second-order valence-corrected chi connectivity index (χ2v) is 12.3. The predicted molar refractivity (Wildman–Crippen MR) is 135 cm³/mol. The second-order valence-electron chi connectivity index (χ2n) is 12.3. The van der Waals surface area contributed by atoms with Crippen LogP contribution in [-0.4, -0.2) is 40.2 Å². The largest absolute Gasteiger partial charge is 0.454 e. The van der Waals surface area contributed by atoms with Crippen molar-refractivity contribution in [2.24, 2.45) is 23.7 Å². The molecular weight excluding hydrogens is 393 g/mol. The van der Waals surface area contributed by atoms with Crippen LogP contribution in [-0.2, 0) is 0 Å². The molecule has 3 nitrogen and oxygen atoms in total. The summed E-state index contributed by atoms with van der Waals surface area (Å²) in [6.07, 6.45) is 26.3. The summed E-state index contributed by atoms with van der Waals surface area (Å²) in [5, 5.41) is 18.8. The third-order valence-corrected chi connectivity index (χ3v) is 9.87. The zero-order chi connectivity index (χ0) is 22.5. The second kappa shape index (κ2) is 11.9. The van der Waals surface area contributed by atoms with Crippen LogP contribution in [0.3, 0.4) is 0 Å². The van der Waals surface area contributed by atoms with Gasteiger partial charge in [-0.05, 0) is 119 Å². The van der Waals surface area contributed by atoms with Gasteiger partial charge in [-0.25, -0.2) is 0 Å². The minimum absolute atomic E-state index is 0.103. The van der Waals surface area contributed by atoms with Gasteiger partial charge in [0, 0.05) is 18.1 Å². The Morgan fingerprint density at radius 1 is 0.531 bits per heavy atom. The fourth-order valence-corrected chi connectivity index (χ4v) is 7.52. The van der Waals surface area contributed by atoms with E-state index >= 15 is 0 Å². The summed E-state index contributed by atoms with van der Waals surface area (Å²) in [4.78, 5) is 3.10. The first-order chi connectivity index (χ1) is 15.5. The quantitative estimate of drug-likeness (QED) is 0.359. The molecule has 0 aliphatic heterocycles. The molecule has 4 heteroatoms. The summed E-state index contributed by atoms with van der Waals surface area (Å²) in [6, 6.07) is 2.55. The van der Waals surface area contributed by atoms with Crippen molar-refractivity contribution in [2.45, 2.75) is 141 Å². The van der Waals surface area contributed by atoms with Gasteiger partial charge in [-0.2, -0.15) is 0 Å². The monoisotopic (exact) mass is 443 g/mol. The van der Waals surface area contributed by atoms with Crippen LogP contribution in [0.5, 0.6) is 0 Å². The van der Waals surface area contributed by atoms with Crippen LogP contribution in [0.4, 0.5) is 0 Å². The van der Waals surface area contributed by atoms with Gasteiger partial charge in [-0.15, -0.1) is 0 Å². The maximum absolute atomic E-state index is 9.41. The molecule has 4 fully saturated rings. The van der Waals surface area contributed by atoms with Gasteiger partial charge >= 0.3 is 7.12 Å². The van der Waals surface area contributed by atoms with Crippen molar-refractivity contribution in [2.75, 3.05) is 0 Å². The fraction of sp³-hybridized carbons (Fsp3) is 0.929. The number of rotatable bonds is 6. The Kier molecular flexibility index (Phi) is 9.22. The smallest absolute Gasteiger partial charge is 0.427 e. The van der Waals surface area contributed by atoms with Crippen molar-refractivity contribution < 1.29 is 10.0 Å². The zero-order valence-electron chi connectivity index (χ0n) is 21.0. The average Bonchev–Trinajstić information content (AvgIpc) is 2.81. The van der Waals surface area contributed by atoms with Crippen LogP contribution in [0.1, 0.15) is 117 Å². The van der Waals surface area contributed by atoms with E-state index in [1.165, 1.54) is 77.0 Å². The number of allylic oxidation sites excluding steroid dienone is 2. The Hall–Kier alpha value is -0.315. The summed E-state index contributed by atoms with van der Waals surface area (Å²) in [6.45, 7) is 4.91. The third kappa shape index (κ3) is 6.63. The molecule has 4 saturated carbocycles. The molecule has 0 unspecified atom stereocenters. The van der Waals surface area contributed by atoms with E-state index < -0.39 is 7.12 Å². The highest BCUT2D eigenvalue weighted by Gasteiger charge is 2.37. The minimum atomic E-state index is -1.11. The van der Waals surface area contributed by atoms with E-state index in [9.17, 15) is 10.0 Å². The molecule has 4 aliphatic carbocycles. The zero-order valence-corrected chi connectivity index (χ0v) is 21.0. The number of nitrogens with zero attached hydrogens (tertiary/aromatic N) is 1. The minimum Gasteiger partial charge on any atom is -0.427 e. The summed E-state index contributed by atoms with van der Waals surface area (Å²) >= 11 is 0. The molecule has 32 heavy (non-hydrogen) atoms. The van der Waals surface area contributed by atoms with E-state index in [0.717, 1.165) is 61.6 Å². The highest BCUT2D eigenvalue weighted by atomic mass is 16.4. The molecule has 0 spiro atoms. The van der Waals surface area contributed by atoms with Gasteiger partial charge in [0.25, 0.3) is 0 Å². The van der Waals surface area contributed by atoms with Gasteiger partial charge in [0.2, 0.25) is 0 Å². The van der Waals surface area contributed by atoms with Crippen molar-refractivity contribution in [3.05, 3.63) is 12.2 Å². The number of hydrogen-bond donors (Lipinski definition) is 2. The SMILES string of the molecule is CC1CCC(N(C2CCC(C)CC2)C2CCC(/C=C/C3CCC(B(O)O)CC3)CC2)CC1. The van der Waals surface area contributed by atoms with E-state index in [1.54, 1.807) is 0 Å². The van der Waals surface area contributed by atoms with Crippen LogP contribution < -0.4 is 0 Å². The maximum Gasteiger partial charge on any atom is 0.454 e. The highest BCUT2D eigenvalue weighted by molar-refractivity contribution is 6.43. The van der Waals surface area contributed by atoms with Gasteiger partial charge in [0.1, 0.15) is 0 Å². The van der Waals surface area contributed by atoms with Crippen molar-refractivity contribution in [3.63, 3.8) is 0 Å². The molecule has 0 saturated heterocycles. The van der Waals surface area contributed by atoms with E-state index in [1.807, 2.05) is 0 Å². The molecule has 4 aliphatic rings. The lowest BCUT2D eigenvalue weighted by Gasteiger charge is -2.49. The van der Waals surface area contributed by atoms with Crippen molar-refractivity contribution in [1.82, 2.24) is 4.90 Å². The van der Waals surface area contributed by atoms with Gasteiger partial charge in [-0.1, -0.05) is 38.8 Å². The summed E-state index contributed by atoms with van der Waals surface area (Å²) in [7, 11) is -1.11. The van der Waals surface area contributed by atoms with Crippen LogP contribution in [0.15, 0.2) is 12.2 Å². The van der Waals surface area contributed by atoms with Gasteiger partial charge in [0.15, 0.2) is 0 Å². The van der Waals surface area contributed by atoms with Crippen molar-refractivity contribution >= 4 is 7.12 Å². The molecule has 0 heterocycles. The molecule has 0 radical (unpaired) electrons. The van der Waals surface area contributed by atoms with E-state index in [4.69, 9.17) is 0 Å². The lowest BCUT2D eigenvalue weighted by Crippen LogP contribution is -2.52. The fourth-order valence-electron chi connectivity index (χ4n) is 7.52. The average molecular weight is 444 g/mol. The predicted octanol–water partition coefficient (Wildman–Crippen LogP) is 6.59. The van der Waals surface area contributed by atoms with E-state index in [0.29, 0.717) is 5.92 Å². The Bertz CT molecular complexity index is 542. The molecule has 182 valence electrons.